The van der Waals surface area contributed by atoms with Crippen molar-refractivity contribution >= 4 is 30.7 Å². The molecule has 0 aromatic carbocycles. The largest absolute Gasteiger partial charge is 0.416 e. The maximum atomic E-state index is 13.4. The summed E-state index contributed by atoms with van der Waals surface area (Å²) in [7, 11) is -0.287. The highest BCUT2D eigenvalue weighted by Gasteiger charge is 2.41. The van der Waals surface area contributed by atoms with E-state index in [1.165, 1.54) is 28.5 Å². The molecule has 28 heavy (non-hydrogen) atoms. The summed E-state index contributed by atoms with van der Waals surface area (Å²) in [6, 6.07) is 1.34. The summed E-state index contributed by atoms with van der Waals surface area (Å²) in [5.41, 5.74) is -0.179. The summed E-state index contributed by atoms with van der Waals surface area (Å²) in [4.78, 5) is 18.4. The monoisotopic (exact) mass is 424 g/mol. The van der Waals surface area contributed by atoms with Crippen molar-refractivity contribution in [3.63, 3.8) is 0 Å². The summed E-state index contributed by atoms with van der Waals surface area (Å²) in [5.74, 6) is -0.547. The van der Waals surface area contributed by atoms with Gasteiger partial charge in [-0.2, -0.15) is 0 Å². The molecule has 2 rings (SSSR count). The van der Waals surface area contributed by atoms with E-state index in [1.54, 1.807) is 7.05 Å². The Balaban J connectivity index is 2.13. The van der Waals surface area contributed by atoms with Crippen LogP contribution < -0.4 is 4.90 Å². The van der Waals surface area contributed by atoms with Crippen molar-refractivity contribution in [2.45, 2.75) is 52.8 Å². The van der Waals surface area contributed by atoms with E-state index in [4.69, 9.17) is 4.43 Å². The fourth-order valence-corrected chi connectivity index (χ4v) is 4.12. The molecule has 0 unspecified atom stereocenters. The third-order valence-electron chi connectivity index (χ3n) is 5.14. The Bertz CT molecular complexity index is 848. The number of nitrogens with zero attached hydrogens (tertiary/aromatic N) is 4. The molecule has 0 aliphatic carbocycles. The molecule has 0 saturated heterocycles. The van der Waals surface area contributed by atoms with Gasteiger partial charge in [0.15, 0.2) is 13.3 Å². The molecule has 2 heterocycles. The van der Waals surface area contributed by atoms with Crippen molar-refractivity contribution in [3.05, 3.63) is 24.3 Å². The van der Waals surface area contributed by atoms with Crippen LogP contribution in [0.15, 0.2) is 18.5 Å². The molecule has 6 nitrogen and oxygen atoms in total. The molecule has 2 aromatic heterocycles. The third-order valence-corrected chi connectivity index (χ3v) is 10.7. The van der Waals surface area contributed by atoms with Gasteiger partial charge >= 0.3 is 0 Å². The number of hydrogen-bond acceptors (Lipinski definition) is 6. The molecule has 0 fully saturated rings. The minimum absolute atomic E-state index is 0.0746. The van der Waals surface area contributed by atoms with Gasteiger partial charge in [0, 0.05) is 25.4 Å². The van der Waals surface area contributed by atoms with Crippen LogP contribution in [-0.2, 0) is 9.22 Å². The van der Waals surface area contributed by atoms with E-state index in [0.717, 1.165) is 6.20 Å². The number of amides is 1. The number of carbonyl (C=O) groups excluding carboxylic acids is 1. The van der Waals surface area contributed by atoms with Crippen LogP contribution in [0.1, 0.15) is 34.6 Å². The Labute approximate surface area is 171 Å². The first-order chi connectivity index (χ1) is 12.7. The van der Waals surface area contributed by atoms with E-state index in [9.17, 15) is 9.18 Å². The van der Waals surface area contributed by atoms with Crippen molar-refractivity contribution in [1.29, 1.82) is 0 Å². The molecule has 0 aliphatic rings. The van der Waals surface area contributed by atoms with Gasteiger partial charge in [0.1, 0.15) is 5.82 Å². The van der Waals surface area contributed by atoms with Crippen molar-refractivity contribution in [3.8, 4) is 10.6 Å². The Morgan fingerprint density at radius 1 is 1.21 bits per heavy atom. The van der Waals surface area contributed by atoms with Crippen LogP contribution in [-0.4, -0.2) is 43.1 Å². The second-order valence-electron chi connectivity index (χ2n) is 9.08. The molecule has 2 aromatic rings. The zero-order valence-electron chi connectivity index (χ0n) is 17.8. The molecule has 0 radical (unpaired) electrons. The molecular weight excluding hydrogens is 395 g/mol. The second-order valence-corrected chi connectivity index (χ2v) is 14.8. The SMILES string of the molecule is CN(C(=O)C(C)(C)CO[Si](C)(C)C(C)(C)C)c1nnc(-c2cncc(F)c2)s1. The second kappa shape index (κ2) is 7.96. The molecule has 0 N–H and O–H groups in total. The van der Waals surface area contributed by atoms with Crippen LogP contribution in [0.2, 0.25) is 18.1 Å². The number of rotatable bonds is 6. The predicted octanol–water partition coefficient (Wildman–Crippen LogP) is 4.75. The summed E-state index contributed by atoms with van der Waals surface area (Å²) in [6.07, 6.45) is 2.65. The van der Waals surface area contributed by atoms with E-state index in [0.29, 0.717) is 22.3 Å². The van der Waals surface area contributed by atoms with Gasteiger partial charge in [-0.25, -0.2) is 4.39 Å². The highest BCUT2D eigenvalue weighted by Crippen LogP contribution is 2.38. The fourth-order valence-electron chi connectivity index (χ4n) is 2.18. The first-order valence-electron chi connectivity index (χ1n) is 9.11. The zero-order valence-corrected chi connectivity index (χ0v) is 19.6. The van der Waals surface area contributed by atoms with Gasteiger partial charge in [-0.1, -0.05) is 32.1 Å². The Hall–Kier alpha value is -1.71. The highest BCUT2D eigenvalue weighted by atomic mass is 32.1. The van der Waals surface area contributed by atoms with Crippen molar-refractivity contribution < 1.29 is 13.6 Å². The number of aromatic nitrogens is 3. The summed E-state index contributed by atoms with van der Waals surface area (Å²) >= 11 is 1.22. The van der Waals surface area contributed by atoms with Crippen LogP contribution in [0.4, 0.5) is 9.52 Å². The molecule has 0 spiro atoms. The number of halogens is 1. The van der Waals surface area contributed by atoms with Gasteiger partial charge in [0.25, 0.3) is 0 Å². The van der Waals surface area contributed by atoms with E-state index >= 15 is 0 Å². The average Bonchev–Trinajstić information content (AvgIpc) is 3.08. The van der Waals surface area contributed by atoms with Crippen LogP contribution >= 0.6 is 11.3 Å². The Morgan fingerprint density at radius 2 is 1.86 bits per heavy atom. The third kappa shape index (κ3) is 5.01. The van der Waals surface area contributed by atoms with Crippen molar-refractivity contribution in [2.24, 2.45) is 5.41 Å². The number of anilines is 1. The van der Waals surface area contributed by atoms with Crippen LogP contribution in [0.3, 0.4) is 0 Å². The minimum atomic E-state index is -1.96. The van der Waals surface area contributed by atoms with Gasteiger partial charge in [-0.15, -0.1) is 10.2 Å². The number of hydrogen-bond donors (Lipinski definition) is 0. The fraction of sp³-hybridized carbons (Fsp3) is 0.579. The standard InChI is InChI=1S/C19H29FN4O2SSi/c1-18(2,3)28(7,8)26-12-19(4,5)16(25)24(6)17-23-22-15(27-17)13-9-14(20)11-21-10-13/h9-11H,12H2,1-8H3. The van der Waals surface area contributed by atoms with Crippen LogP contribution in [0, 0.1) is 11.2 Å². The van der Waals surface area contributed by atoms with Crippen LogP contribution in [0.25, 0.3) is 10.6 Å². The number of pyridine rings is 1. The summed E-state index contributed by atoms with van der Waals surface area (Å²) < 4.78 is 19.6. The average molecular weight is 425 g/mol. The molecule has 0 saturated carbocycles. The highest BCUT2D eigenvalue weighted by molar-refractivity contribution is 7.18. The van der Waals surface area contributed by atoms with Gasteiger partial charge in [0.2, 0.25) is 11.0 Å². The molecule has 0 aliphatic heterocycles. The molecule has 9 heteroatoms. The van der Waals surface area contributed by atoms with Crippen molar-refractivity contribution in [2.75, 3.05) is 18.6 Å². The van der Waals surface area contributed by atoms with E-state index in [1.807, 2.05) is 13.8 Å². The molecule has 1 amide bonds. The lowest BCUT2D eigenvalue weighted by Gasteiger charge is -2.39. The van der Waals surface area contributed by atoms with E-state index in [-0.39, 0.29) is 10.9 Å². The first-order valence-corrected chi connectivity index (χ1v) is 12.8. The van der Waals surface area contributed by atoms with Crippen LogP contribution in [0.5, 0.6) is 0 Å². The van der Waals surface area contributed by atoms with Gasteiger partial charge in [0.05, 0.1) is 11.6 Å². The predicted molar refractivity (Wildman–Crippen MR) is 113 cm³/mol. The summed E-state index contributed by atoms with van der Waals surface area (Å²) in [6.45, 7) is 14.9. The van der Waals surface area contributed by atoms with Crippen molar-refractivity contribution in [1.82, 2.24) is 15.2 Å². The maximum Gasteiger partial charge on any atom is 0.236 e. The molecular formula is C19H29FN4O2SSi. The first kappa shape index (κ1) is 22.6. The maximum absolute atomic E-state index is 13.4. The lowest BCUT2D eigenvalue weighted by atomic mass is 9.93. The number of carbonyl (C=O) groups is 1. The zero-order chi connectivity index (χ0) is 21.3. The van der Waals surface area contributed by atoms with E-state index in [2.05, 4.69) is 49.0 Å². The smallest absolute Gasteiger partial charge is 0.236 e. The van der Waals surface area contributed by atoms with E-state index < -0.39 is 19.5 Å². The topological polar surface area (TPSA) is 68.2 Å². The minimum Gasteiger partial charge on any atom is -0.416 e. The van der Waals surface area contributed by atoms with Gasteiger partial charge in [-0.3, -0.25) is 14.7 Å². The Kier molecular flexibility index (Phi) is 6.42. The summed E-state index contributed by atoms with van der Waals surface area (Å²) in [5, 5.41) is 9.20. The lowest BCUT2D eigenvalue weighted by molar-refractivity contribution is -0.127. The van der Waals surface area contributed by atoms with Gasteiger partial charge < -0.3 is 4.43 Å². The normalized spacial score (nSPS) is 12.9. The Morgan fingerprint density at radius 3 is 2.43 bits per heavy atom. The molecule has 0 bridgehead atoms. The quantitative estimate of drug-likeness (QED) is 0.626. The molecule has 0 atom stereocenters. The van der Waals surface area contributed by atoms with Gasteiger partial charge in [-0.05, 0) is 38.0 Å². The molecule has 154 valence electrons. The lowest BCUT2D eigenvalue weighted by Crippen LogP contribution is -2.47.